The van der Waals surface area contributed by atoms with Crippen LogP contribution in [0, 0.1) is 6.92 Å². The maximum atomic E-state index is 10.5. The summed E-state index contributed by atoms with van der Waals surface area (Å²) < 4.78 is 33.5. The maximum Gasteiger partial charge on any atom is 1.00 e. The van der Waals surface area contributed by atoms with Crippen LogP contribution in [0.2, 0.25) is 0 Å². The monoisotopic (exact) mass is 237 g/mol. The van der Waals surface area contributed by atoms with E-state index in [4.69, 9.17) is 0 Å². The van der Waals surface area contributed by atoms with Crippen molar-refractivity contribution in [1.29, 1.82) is 0 Å². The zero-order valence-corrected chi connectivity index (χ0v) is 11.9. The van der Waals surface area contributed by atoms with Crippen molar-refractivity contribution in [2.24, 2.45) is 0 Å². The molecule has 0 aliphatic heterocycles. The molecule has 1 aromatic rings. The Kier molecular flexibility index (Phi) is 5.84. The molecular weight excluding hydrogens is 225 g/mol. The Balaban J connectivity index is 0.00000196. The smallest absolute Gasteiger partial charge is 0.731 e. The Labute approximate surface area is 112 Å². The third-order valence-electron chi connectivity index (χ3n) is 1.88. The van der Waals surface area contributed by atoms with Gasteiger partial charge in [-0.25, -0.2) is 8.42 Å². The molecule has 1 aromatic carbocycles. The van der Waals surface area contributed by atoms with E-state index in [9.17, 15) is 13.0 Å². The summed E-state index contributed by atoms with van der Waals surface area (Å²) in [5, 5.41) is 0. The second-order valence-corrected chi connectivity index (χ2v) is 4.18. The van der Waals surface area contributed by atoms with E-state index in [0.717, 1.165) is 11.1 Å². The molecular formula is C9H12NNaO3S. The molecule has 15 heavy (non-hydrogen) atoms. The first-order valence-electron chi connectivity index (χ1n) is 4.25. The molecule has 0 fully saturated rings. The first kappa shape index (κ1) is 14.9. The molecule has 0 amide bonds. The Morgan fingerprint density at radius 1 is 1.40 bits per heavy atom. The molecule has 0 atom stereocenters. The van der Waals surface area contributed by atoms with Gasteiger partial charge in [-0.15, -0.1) is 0 Å². The van der Waals surface area contributed by atoms with Crippen molar-refractivity contribution in [3.05, 3.63) is 29.3 Å². The van der Waals surface area contributed by atoms with E-state index in [1.165, 1.54) is 0 Å². The van der Waals surface area contributed by atoms with Crippen LogP contribution < -0.4 is 34.3 Å². The fourth-order valence-corrected chi connectivity index (χ4v) is 1.69. The second kappa shape index (κ2) is 5.86. The van der Waals surface area contributed by atoms with E-state index in [-0.39, 0.29) is 29.6 Å². The molecule has 1 N–H and O–H groups in total. The van der Waals surface area contributed by atoms with Gasteiger partial charge < -0.3 is 4.55 Å². The number of nitrogens with one attached hydrogen (secondary N) is 1. The number of aryl methyl sites for hydroxylation is 2. The van der Waals surface area contributed by atoms with Gasteiger partial charge in [0.25, 0.3) is 0 Å². The van der Waals surface area contributed by atoms with E-state index >= 15 is 0 Å². The fraction of sp³-hybridized carbons (Fsp3) is 0.333. The number of rotatable bonds is 3. The summed E-state index contributed by atoms with van der Waals surface area (Å²) >= 11 is 0. The van der Waals surface area contributed by atoms with Crippen molar-refractivity contribution in [1.82, 2.24) is 0 Å². The van der Waals surface area contributed by atoms with Gasteiger partial charge in [-0.3, -0.25) is 4.72 Å². The first-order valence-corrected chi connectivity index (χ1v) is 5.66. The van der Waals surface area contributed by atoms with Crippen molar-refractivity contribution in [3.8, 4) is 0 Å². The maximum absolute atomic E-state index is 10.5. The van der Waals surface area contributed by atoms with E-state index < -0.39 is 10.3 Å². The predicted molar refractivity (Wildman–Crippen MR) is 53.9 cm³/mol. The SMILES string of the molecule is CCc1ccc(C)cc1NS(=O)(=O)[O-].[Na+]. The van der Waals surface area contributed by atoms with Crippen LogP contribution in [0.15, 0.2) is 18.2 Å². The Morgan fingerprint density at radius 3 is 2.47 bits per heavy atom. The van der Waals surface area contributed by atoms with Crippen LogP contribution in [0.3, 0.4) is 0 Å². The minimum absolute atomic E-state index is 0. The summed E-state index contributed by atoms with van der Waals surface area (Å²) in [7, 11) is -4.43. The van der Waals surface area contributed by atoms with Gasteiger partial charge in [-0.2, -0.15) is 0 Å². The molecule has 0 aliphatic rings. The van der Waals surface area contributed by atoms with Gasteiger partial charge in [0.15, 0.2) is 10.3 Å². The summed E-state index contributed by atoms with van der Waals surface area (Å²) in [4.78, 5) is 0. The Hall–Kier alpha value is -0.0700. The van der Waals surface area contributed by atoms with Crippen molar-refractivity contribution >= 4 is 16.0 Å². The molecule has 0 saturated carbocycles. The molecule has 0 aromatic heterocycles. The Morgan fingerprint density at radius 2 is 2.00 bits per heavy atom. The number of anilines is 1. The number of benzene rings is 1. The molecule has 0 spiro atoms. The van der Waals surface area contributed by atoms with Gasteiger partial charge in [-0.05, 0) is 30.5 Å². The quantitative estimate of drug-likeness (QED) is 0.510. The van der Waals surface area contributed by atoms with Crippen molar-refractivity contribution in [2.45, 2.75) is 20.3 Å². The molecule has 0 bridgehead atoms. The fourth-order valence-electron chi connectivity index (χ4n) is 1.23. The molecule has 6 heteroatoms. The summed E-state index contributed by atoms with van der Waals surface area (Å²) in [6.07, 6.45) is 0.679. The van der Waals surface area contributed by atoms with Gasteiger partial charge in [0.1, 0.15) is 0 Å². The standard InChI is InChI=1S/C9H13NO3S.Na/c1-3-8-5-4-7(2)6-9(8)10-14(11,12)13;/h4-6,10H,3H2,1-2H3,(H,11,12,13);/q;+1/p-1. The van der Waals surface area contributed by atoms with Crippen LogP contribution in [0.4, 0.5) is 5.69 Å². The molecule has 0 unspecified atom stereocenters. The van der Waals surface area contributed by atoms with Crippen LogP contribution in [-0.4, -0.2) is 13.0 Å². The summed E-state index contributed by atoms with van der Waals surface area (Å²) in [6.45, 7) is 3.73. The largest absolute Gasteiger partial charge is 1.00 e. The molecule has 0 radical (unpaired) electrons. The average molecular weight is 237 g/mol. The van der Waals surface area contributed by atoms with E-state index in [1.54, 1.807) is 6.07 Å². The van der Waals surface area contributed by atoms with Crippen LogP contribution in [-0.2, 0) is 16.7 Å². The van der Waals surface area contributed by atoms with Gasteiger partial charge in [0.05, 0.1) is 5.69 Å². The van der Waals surface area contributed by atoms with Crippen LogP contribution in [0.25, 0.3) is 0 Å². The zero-order chi connectivity index (χ0) is 10.8. The zero-order valence-electron chi connectivity index (χ0n) is 9.07. The molecule has 4 nitrogen and oxygen atoms in total. The third kappa shape index (κ3) is 4.99. The summed E-state index contributed by atoms with van der Waals surface area (Å²) in [5.41, 5.74) is 2.10. The van der Waals surface area contributed by atoms with Crippen molar-refractivity contribution < 1.29 is 42.5 Å². The molecule has 0 saturated heterocycles. The van der Waals surface area contributed by atoms with E-state index in [1.807, 2.05) is 30.7 Å². The summed E-state index contributed by atoms with van der Waals surface area (Å²) in [5.74, 6) is 0. The molecule has 78 valence electrons. The molecule has 1 rings (SSSR count). The average Bonchev–Trinajstić information content (AvgIpc) is 2.01. The van der Waals surface area contributed by atoms with Crippen molar-refractivity contribution in [3.63, 3.8) is 0 Å². The van der Waals surface area contributed by atoms with Gasteiger partial charge >= 0.3 is 29.6 Å². The second-order valence-electron chi connectivity index (χ2n) is 3.07. The first-order chi connectivity index (χ1) is 6.42. The minimum Gasteiger partial charge on any atom is -0.731 e. The van der Waals surface area contributed by atoms with Crippen LogP contribution in [0.1, 0.15) is 18.1 Å². The van der Waals surface area contributed by atoms with Crippen molar-refractivity contribution in [2.75, 3.05) is 4.72 Å². The van der Waals surface area contributed by atoms with Crippen LogP contribution >= 0.6 is 0 Å². The minimum atomic E-state index is -4.43. The predicted octanol–water partition coefficient (Wildman–Crippen LogP) is -1.57. The molecule has 0 heterocycles. The van der Waals surface area contributed by atoms with Crippen LogP contribution in [0.5, 0.6) is 0 Å². The van der Waals surface area contributed by atoms with Gasteiger partial charge in [0.2, 0.25) is 0 Å². The molecule has 0 aliphatic carbocycles. The topological polar surface area (TPSA) is 69.2 Å². The van der Waals surface area contributed by atoms with E-state index in [0.29, 0.717) is 12.1 Å². The normalized spacial score (nSPS) is 10.6. The van der Waals surface area contributed by atoms with Gasteiger partial charge in [0, 0.05) is 0 Å². The van der Waals surface area contributed by atoms with E-state index in [2.05, 4.69) is 0 Å². The Bertz CT molecular complexity index is 431. The summed E-state index contributed by atoms with van der Waals surface area (Å²) in [6, 6.07) is 5.33. The number of hydrogen-bond donors (Lipinski definition) is 1. The number of hydrogen-bond acceptors (Lipinski definition) is 3. The van der Waals surface area contributed by atoms with Gasteiger partial charge in [-0.1, -0.05) is 19.1 Å². The third-order valence-corrected chi connectivity index (χ3v) is 2.35.